The largest absolute Gasteiger partial charge is 0.382 e. The lowest BCUT2D eigenvalue weighted by Gasteiger charge is -2.16. The number of nitrogens with zero attached hydrogens (tertiary/aromatic N) is 5. The highest BCUT2D eigenvalue weighted by molar-refractivity contribution is 5.61. The van der Waals surface area contributed by atoms with Crippen LogP contribution in [0.25, 0.3) is 11.6 Å². The van der Waals surface area contributed by atoms with Crippen LogP contribution < -0.4 is 5.73 Å². The van der Waals surface area contributed by atoms with Crippen molar-refractivity contribution in [3.8, 4) is 11.6 Å². The van der Waals surface area contributed by atoms with Crippen LogP contribution in [0, 0.1) is 0 Å². The zero-order valence-electron chi connectivity index (χ0n) is 11.2. The lowest BCUT2D eigenvalue weighted by atomic mass is 10.3. The Morgan fingerprint density at radius 1 is 1.21 bits per heavy atom. The fraction of sp³-hybridized carbons (Fsp3) is 0.500. The molecule has 0 saturated heterocycles. The van der Waals surface area contributed by atoms with E-state index in [1.54, 1.807) is 6.20 Å². The van der Waals surface area contributed by atoms with E-state index >= 15 is 0 Å². The van der Waals surface area contributed by atoms with E-state index in [0.29, 0.717) is 23.2 Å². The minimum Gasteiger partial charge on any atom is -0.382 e. The van der Waals surface area contributed by atoms with Crippen molar-refractivity contribution in [1.29, 1.82) is 0 Å². The third-order valence-electron chi connectivity index (χ3n) is 2.94. The molecule has 0 atom stereocenters. The number of anilines is 1. The molecule has 0 aliphatic heterocycles. The van der Waals surface area contributed by atoms with Gasteiger partial charge in [-0.2, -0.15) is 4.98 Å². The van der Waals surface area contributed by atoms with E-state index in [9.17, 15) is 0 Å². The Hall–Kier alpha value is -2.02. The molecular formula is C12H18N6O. The third kappa shape index (κ3) is 3.25. The molecule has 0 spiro atoms. The van der Waals surface area contributed by atoms with E-state index in [1.807, 2.05) is 0 Å². The van der Waals surface area contributed by atoms with Gasteiger partial charge in [-0.05, 0) is 13.1 Å². The predicted octanol–water partition coefficient (Wildman–Crippen LogP) is 0.993. The van der Waals surface area contributed by atoms with Crippen LogP contribution in [-0.4, -0.2) is 44.6 Å². The molecule has 2 N–H and O–H groups in total. The maximum atomic E-state index is 5.72. The molecule has 19 heavy (non-hydrogen) atoms. The second-order valence-corrected chi connectivity index (χ2v) is 4.08. The highest BCUT2D eigenvalue weighted by Gasteiger charge is 2.14. The van der Waals surface area contributed by atoms with Crippen molar-refractivity contribution < 1.29 is 4.52 Å². The minimum atomic E-state index is 0.293. The van der Waals surface area contributed by atoms with Gasteiger partial charge in [-0.15, -0.1) is 0 Å². The molecule has 7 nitrogen and oxygen atoms in total. The summed E-state index contributed by atoms with van der Waals surface area (Å²) in [7, 11) is 0. The van der Waals surface area contributed by atoms with Crippen LogP contribution in [0.1, 0.15) is 19.7 Å². The minimum absolute atomic E-state index is 0.293. The van der Waals surface area contributed by atoms with Gasteiger partial charge in [0.1, 0.15) is 0 Å². The number of aromatic nitrogens is 4. The molecule has 0 bridgehead atoms. The summed E-state index contributed by atoms with van der Waals surface area (Å²) in [6.07, 6.45) is 3.81. The Balaban J connectivity index is 2.05. The highest BCUT2D eigenvalue weighted by atomic mass is 16.5. The van der Waals surface area contributed by atoms with Crippen LogP contribution in [-0.2, 0) is 6.42 Å². The van der Waals surface area contributed by atoms with E-state index in [1.165, 1.54) is 6.20 Å². The van der Waals surface area contributed by atoms with E-state index in [0.717, 1.165) is 26.1 Å². The Bertz CT molecular complexity index is 522. The average molecular weight is 262 g/mol. The fourth-order valence-electron chi connectivity index (χ4n) is 1.76. The van der Waals surface area contributed by atoms with Gasteiger partial charge in [-0.3, -0.25) is 0 Å². The first-order valence-electron chi connectivity index (χ1n) is 6.36. The first-order chi connectivity index (χ1) is 9.24. The highest BCUT2D eigenvalue weighted by Crippen LogP contribution is 2.18. The van der Waals surface area contributed by atoms with Crippen molar-refractivity contribution >= 4 is 5.82 Å². The molecule has 0 aromatic carbocycles. The summed E-state index contributed by atoms with van der Waals surface area (Å²) < 4.78 is 5.17. The molecule has 2 heterocycles. The van der Waals surface area contributed by atoms with Crippen LogP contribution in [0.2, 0.25) is 0 Å². The van der Waals surface area contributed by atoms with Crippen LogP contribution in [0.5, 0.6) is 0 Å². The maximum Gasteiger partial charge on any atom is 0.280 e. The van der Waals surface area contributed by atoms with E-state index in [4.69, 9.17) is 10.3 Å². The predicted molar refractivity (Wildman–Crippen MR) is 71.2 cm³/mol. The molecule has 0 amide bonds. The molecule has 0 unspecified atom stereocenters. The number of hydrogen-bond acceptors (Lipinski definition) is 7. The number of likely N-dealkylation sites (N-methyl/N-ethyl adjacent to an activating group) is 1. The summed E-state index contributed by atoms with van der Waals surface area (Å²) in [5.41, 5.74) is 6.15. The topological polar surface area (TPSA) is 94.0 Å². The number of hydrogen-bond donors (Lipinski definition) is 1. The number of nitrogens with two attached hydrogens (primary N) is 1. The SMILES string of the molecule is CCN(CC)CCc1noc(-c2nccnc2N)n1. The molecule has 0 aliphatic carbocycles. The molecule has 7 heteroatoms. The Kier molecular flexibility index (Phi) is 4.40. The van der Waals surface area contributed by atoms with Crippen molar-refractivity contribution in [3.63, 3.8) is 0 Å². The summed E-state index contributed by atoms with van der Waals surface area (Å²) in [6, 6.07) is 0. The van der Waals surface area contributed by atoms with Crippen LogP contribution in [0.4, 0.5) is 5.82 Å². The average Bonchev–Trinajstić information content (AvgIpc) is 2.89. The smallest absolute Gasteiger partial charge is 0.280 e. The Morgan fingerprint density at radius 2 is 1.95 bits per heavy atom. The van der Waals surface area contributed by atoms with Crippen LogP contribution in [0.3, 0.4) is 0 Å². The van der Waals surface area contributed by atoms with Gasteiger partial charge in [0.2, 0.25) is 0 Å². The van der Waals surface area contributed by atoms with Gasteiger partial charge >= 0.3 is 0 Å². The van der Waals surface area contributed by atoms with Crippen molar-refractivity contribution in [3.05, 3.63) is 18.2 Å². The van der Waals surface area contributed by atoms with Gasteiger partial charge in [-0.1, -0.05) is 19.0 Å². The molecule has 2 rings (SSSR count). The molecule has 0 aliphatic rings. The fourth-order valence-corrected chi connectivity index (χ4v) is 1.76. The van der Waals surface area contributed by atoms with Crippen LogP contribution in [0.15, 0.2) is 16.9 Å². The van der Waals surface area contributed by atoms with Gasteiger partial charge in [-0.25, -0.2) is 9.97 Å². The van der Waals surface area contributed by atoms with Crippen LogP contribution >= 0.6 is 0 Å². The van der Waals surface area contributed by atoms with E-state index < -0.39 is 0 Å². The monoisotopic (exact) mass is 262 g/mol. The molecular weight excluding hydrogens is 244 g/mol. The maximum absolute atomic E-state index is 5.72. The first kappa shape index (κ1) is 13.4. The third-order valence-corrected chi connectivity index (χ3v) is 2.94. The Morgan fingerprint density at radius 3 is 2.63 bits per heavy atom. The number of nitrogen functional groups attached to an aromatic ring is 1. The van der Waals surface area contributed by atoms with Crippen molar-refractivity contribution in [2.45, 2.75) is 20.3 Å². The zero-order valence-corrected chi connectivity index (χ0v) is 11.2. The van der Waals surface area contributed by atoms with Gasteiger partial charge in [0.05, 0.1) is 0 Å². The lowest BCUT2D eigenvalue weighted by molar-refractivity contribution is 0.303. The normalized spacial score (nSPS) is 11.1. The Labute approximate surface area is 111 Å². The zero-order chi connectivity index (χ0) is 13.7. The molecule has 2 aromatic rings. The standard InChI is InChI=1S/C12H18N6O/c1-3-18(4-2)8-5-9-16-12(19-17-9)10-11(13)15-7-6-14-10/h6-7H,3-5,8H2,1-2H3,(H2,13,15). The quantitative estimate of drug-likeness (QED) is 0.829. The molecule has 0 saturated carbocycles. The molecule has 0 radical (unpaired) electrons. The molecule has 2 aromatic heterocycles. The number of rotatable bonds is 6. The molecule has 0 fully saturated rings. The summed E-state index contributed by atoms with van der Waals surface area (Å²) >= 11 is 0. The van der Waals surface area contributed by atoms with Gasteiger partial charge in [0, 0.05) is 25.4 Å². The van der Waals surface area contributed by atoms with Crippen molar-refractivity contribution in [1.82, 2.24) is 25.0 Å². The van der Waals surface area contributed by atoms with Crippen molar-refractivity contribution in [2.75, 3.05) is 25.4 Å². The summed E-state index contributed by atoms with van der Waals surface area (Å²) in [5, 5.41) is 3.94. The van der Waals surface area contributed by atoms with Gasteiger partial charge < -0.3 is 15.2 Å². The summed E-state index contributed by atoms with van der Waals surface area (Å²) in [5.74, 6) is 1.27. The van der Waals surface area contributed by atoms with E-state index in [2.05, 4.69) is 38.9 Å². The summed E-state index contributed by atoms with van der Waals surface area (Å²) in [4.78, 5) is 14.6. The second-order valence-electron chi connectivity index (χ2n) is 4.08. The first-order valence-corrected chi connectivity index (χ1v) is 6.36. The molecule has 102 valence electrons. The van der Waals surface area contributed by atoms with Gasteiger partial charge in [0.15, 0.2) is 17.3 Å². The second kappa shape index (κ2) is 6.24. The summed E-state index contributed by atoms with van der Waals surface area (Å²) in [6.45, 7) is 7.19. The van der Waals surface area contributed by atoms with E-state index in [-0.39, 0.29) is 0 Å². The van der Waals surface area contributed by atoms with Gasteiger partial charge in [0.25, 0.3) is 5.89 Å². The lowest BCUT2D eigenvalue weighted by Crippen LogP contribution is -2.25. The van der Waals surface area contributed by atoms with Crippen molar-refractivity contribution in [2.24, 2.45) is 0 Å².